The average Bonchev–Trinajstić information content (AvgIpc) is 2.45. The van der Waals surface area contributed by atoms with Gasteiger partial charge in [0.1, 0.15) is 0 Å². The molecule has 1 N–H and O–H groups in total. The molecule has 1 aromatic carbocycles. The first-order valence-electron chi connectivity index (χ1n) is 5.07. The predicted octanol–water partition coefficient (Wildman–Crippen LogP) is 3.77. The lowest BCUT2D eigenvalue weighted by atomic mass is 9.92. The van der Waals surface area contributed by atoms with Gasteiger partial charge in [-0.05, 0) is 30.5 Å². The van der Waals surface area contributed by atoms with E-state index < -0.39 is 0 Å². The number of fused-ring (bicyclic) bond motifs is 1. The van der Waals surface area contributed by atoms with Crippen LogP contribution in [0.2, 0.25) is 0 Å². The second-order valence-electron chi connectivity index (χ2n) is 5.02. The number of aromatic nitrogens is 1. The van der Waals surface area contributed by atoms with Crippen molar-refractivity contribution < 1.29 is 0 Å². The molecule has 0 bridgehead atoms. The molecule has 0 saturated heterocycles. The monoisotopic (exact) mass is 187 g/mol. The van der Waals surface area contributed by atoms with Gasteiger partial charge in [0.15, 0.2) is 0 Å². The summed E-state index contributed by atoms with van der Waals surface area (Å²) in [6.45, 7) is 8.81. The Balaban J connectivity index is 2.63. The summed E-state index contributed by atoms with van der Waals surface area (Å²) in [5.74, 6) is 0. The number of aromatic amines is 1. The third-order valence-corrected chi connectivity index (χ3v) is 2.58. The maximum absolute atomic E-state index is 3.46. The molecule has 0 saturated carbocycles. The molecule has 14 heavy (non-hydrogen) atoms. The van der Waals surface area contributed by atoms with E-state index >= 15 is 0 Å². The SMILES string of the molecule is Cc1ccc2[nH]c(C(C)(C)C)cc2c1. The zero-order valence-electron chi connectivity index (χ0n) is 9.31. The molecule has 0 radical (unpaired) electrons. The number of benzene rings is 1. The molecule has 2 aromatic rings. The van der Waals surface area contributed by atoms with E-state index in [1.165, 1.54) is 22.2 Å². The molecule has 1 nitrogen and oxygen atoms in total. The third-order valence-electron chi connectivity index (χ3n) is 2.58. The van der Waals surface area contributed by atoms with E-state index in [1.807, 2.05) is 0 Å². The minimum absolute atomic E-state index is 0.201. The van der Waals surface area contributed by atoms with Gasteiger partial charge in [0, 0.05) is 16.6 Å². The summed E-state index contributed by atoms with van der Waals surface area (Å²) in [5.41, 5.74) is 4.06. The van der Waals surface area contributed by atoms with Crippen molar-refractivity contribution in [2.75, 3.05) is 0 Å². The maximum Gasteiger partial charge on any atom is 0.0456 e. The zero-order valence-corrected chi connectivity index (χ0v) is 9.31. The Bertz CT molecular complexity index is 458. The molecule has 74 valence electrons. The van der Waals surface area contributed by atoms with Crippen LogP contribution in [0.15, 0.2) is 24.3 Å². The molecule has 1 heterocycles. The van der Waals surface area contributed by atoms with Gasteiger partial charge in [0.2, 0.25) is 0 Å². The maximum atomic E-state index is 3.46. The van der Waals surface area contributed by atoms with Gasteiger partial charge in [0.25, 0.3) is 0 Å². The summed E-state index contributed by atoms with van der Waals surface area (Å²) in [4.78, 5) is 3.46. The highest BCUT2D eigenvalue weighted by molar-refractivity contribution is 5.81. The first kappa shape index (κ1) is 9.32. The fraction of sp³-hybridized carbons (Fsp3) is 0.385. The van der Waals surface area contributed by atoms with Crippen molar-refractivity contribution in [3.8, 4) is 0 Å². The van der Waals surface area contributed by atoms with Gasteiger partial charge in [0.05, 0.1) is 0 Å². The van der Waals surface area contributed by atoms with E-state index in [0.717, 1.165) is 0 Å². The summed E-state index contributed by atoms with van der Waals surface area (Å²) >= 11 is 0. The molecule has 0 aliphatic carbocycles. The van der Waals surface area contributed by atoms with Crippen LogP contribution in [-0.2, 0) is 5.41 Å². The molecular weight excluding hydrogens is 170 g/mol. The van der Waals surface area contributed by atoms with Crippen LogP contribution in [0.4, 0.5) is 0 Å². The van der Waals surface area contributed by atoms with Crippen LogP contribution in [0.25, 0.3) is 10.9 Å². The highest BCUT2D eigenvalue weighted by Crippen LogP contribution is 2.26. The Hall–Kier alpha value is -1.24. The fourth-order valence-corrected chi connectivity index (χ4v) is 1.66. The van der Waals surface area contributed by atoms with E-state index in [1.54, 1.807) is 0 Å². The van der Waals surface area contributed by atoms with E-state index in [-0.39, 0.29) is 5.41 Å². The van der Waals surface area contributed by atoms with E-state index in [0.29, 0.717) is 0 Å². The summed E-state index contributed by atoms with van der Waals surface area (Å²) in [5, 5.41) is 1.31. The first-order valence-corrected chi connectivity index (χ1v) is 5.07. The molecule has 1 heteroatoms. The number of nitrogens with one attached hydrogen (secondary N) is 1. The molecule has 1 aromatic heterocycles. The van der Waals surface area contributed by atoms with Crippen LogP contribution >= 0.6 is 0 Å². The second kappa shape index (κ2) is 2.88. The largest absolute Gasteiger partial charge is 0.358 e. The van der Waals surface area contributed by atoms with Crippen molar-refractivity contribution in [3.63, 3.8) is 0 Å². The fourth-order valence-electron chi connectivity index (χ4n) is 1.66. The van der Waals surface area contributed by atoms with Crippen LogP contribution in [-0.4, -0.2) is 4.98 Å². The topological polar surface area (TPSA) is 15.8 Å². The molecule has 0 fully saturated rings. The Labute approximate surface area is 85.1 Å². The van der Waals surface area contributed by atoms with Crippen molar-refractivity contribution >= 4 is 10.9 Å². The van der Waals surface area contributed by atoms with Gasteiger partial charge >= 0.3 is 0 Å². The molecule has 0 spiro atoms. The van der Waals surface area contributed by atoms with Gasteiger partial charge in [-0.15, -0.1) is 0 Å². The normalized spacial score (nSPS) is 12.3. The van der Waals surface area contributed by atoms with E-state index in [2.05, 4.69) is 56.9 Å². The number of hydrogen-bond donors (Lipinski definition) is 1. The van der Waals surface area contributed by atoms with Crippen LogP contribution in [0, 0.1) is 6.92 Å². The van der Waals surface area contributed by atoms with Crippen LogP contribution in [0.3, 0.4) is 0 Å². The zero-order chi connectivity index (χ0) is 10.3. The van der Waals surface area contributed by atoms with Crippen molar-refractivity contribution in [3.05, 3.63) is 35.5 Å². The van der Waals surface area contributed by atoms with Crippen LogP contribution < -0.4 is 0 Å². The number of hydrogen-bond acceptors (Lipinski definition) is 0. The highest BCUT2D eigenvalue weighted by atomic mass is 14.7. The van der Waals surface area contributed by atoms with Gasteiger partial charge in [-0.25, -0.2) is 0 Å². The van der Waals surface area contributed by atoms with Gasteiger partial charge in [-0.3, -0.25) is 0 Å². The van der Waals surface area contributed by atoms with Crippen molar-refractivity contribution in [2.45, 2.75) is 33.1 Å². The Kier molecular flexibility index (Phi) is 1.91. The lowest BCUT2D eigenvalue weighted by Crippen LogP contribution is -2.10. The number of H-pyrrole nitrogens is 1. The van der Waals surface area contributed by atoms with Gasteiger partial charge < -0.3 is 4.98 Å². The predicted molar refractivity (Wildman–Crippen MR) is 61.7 cm³/mol. The quantitative estimate of drug-likeness (QED) is 0.646. The average molecular weight is 187 g/mol. The Morgan fingerprint density at radius 1 is 1.07 bits per heavy atom. The Morgan fingerprint density at radius 2 is 1.79 bits per heavy atom. The summed E-state index contributed by atoms with van der Waals surface area (Å²) in [7, 11) is 0. The second-order valence-corrected chi connectivity index (χ2v) is 5.02. The van der Waals surface area contributed by atoms with E-state index in [9.17, 15) is 0 Å². The van der Waals surface area contributed by atoms with E-state index in [4.69, 9.17) is 0 Å². The molecule has 0 aliphatic heterocycles. The highest BCUT2D eigenvalue weighted by Gasteiger charge is 2.15. The van der Waals surface area contributed by atoms with Gasteiger partial charge in [-0.2, -0.15) is 0 Å². The Morgan fingerprint density at radius 3 is 2.43 bits per heavy atom. The molecule has 0 amide bonds. The van der Waals surface area contributed by atoms with Gasteiger partial charge in [-0.1, -0.05) is 32.4 Å². The van der Waals surface area contributed by atoms with Crippen molar-refractivity contribution in [1.82, 2.24) is 4.98 Å². The molecule has 0 atom stereocenters. The minimum Gasteiger partial charge on any atom is -0.358 e. The minimum atomic E-state index is 0.201. The lowest BCUT2D eigenvalue weighted by molar-refractivity contribution is 0.574. The molecule has 2 rings (SSSR count). The van der Waals surface area contributed by atoms with Crippen LogP contribution in [0.1, 0.15) is 32.0 Å². The van der Waals surface area contributed by atoms with Crippen molar-refractivity contribution in [1.29, 1.82) is 0 Å². The third kappa shape index (κ3) is 1.54. The standard InChI is InChI=1S/C13H17N/c1-9-5-6-11-10(7-9)8-12(14-11)13(2,3)4/h5-8,14H,1-4H3. The van der Waals surface area contributed by atoms with Crippen LogP contribution in [0.5, 0.6) is 0 Å². The summed E-state index contributed by atoms with van der Waals surface area (Å²) in [6, 6.07) is 8.77. The molecule has 0 unspecified atom stereocenters. The molecular formula is C13H17N. The lowest BCUT2D eigenvalue weighted by Gasteiger charge is -2.15. The molecule has 0 aliphatic rings. The summed E-state index contributed by atoms with van der Waals surface area (Å²) < 4.78 is 0. The smallest absolute Gasteiger partial charge is 0.0456 e. The number of aryl methyl sites for hydroxylation is 1. The first-order chi connectivity index (χ1) is 6.47. The summed E-state index contributed by atoms with van der Waals surface area (Å²) in [6.07, 6.45) is 0. The number of rotatable bonds is 0. The van der Waals surface area contributed by atoms with Crippen molar-refractivity contribution in [2.24, 2.45) is 0 Å².